The summed E-state index contributed by atoms with van der Waals surface area (Å²) in [5, 5.41) is 19.6. The molecule has 0 aliphatic carbocycles. The Morgan fingerprint density at radius 2 is 2.12 bits per heavy atom. The molecule has 0 aliphatic rings. The summed E-state index contributed by atoms with van der Waals surface area (Å²) >= 11 is 5.99. The van der Waals surface area contributed by atoms with Crippen LogP contribution in [-0.2, 0) is 23.2 Å². The highest BCUT2D eigenvalue weighted by Gasteiger charge is 2.23. The molecule has 0 saturated heterocycles. The molecule has 1 atom stereocenters. The zero-order valence-electron chi connectivity index (χ0n) is 19.1. The number of carboxylic acid groups (broad SMARTS) is 1. The zero-order valence-corrected chi connectivity index (χ0v) is 19.9. The number of benzene rings is 1. The normalized spacial score (nSPS) is 12.2. The molecule has 176 valence electrons. The molecule has 34 heavy (non-hydrogen) atoms. The summed E-state index contributed by atoms with van der Waals surface area (Å²) in [6.07, 6.45) is 5.88. The number of ketones is 1. The first-order valence-corrected chi connectivity index (χ1v) is 11.3. The molecule has 1 N–H and O–H groups in total. The van der Waals surface area contributed by atoms with Crippen LogP contribution in [0.1, 0.15) is 53.4 Å². The Morgan fingerprint density at radius 3 is 2.82 bits per heavy atom. The molecule has 0 radical (unpaired) electrons. The van der Waals surface area contributed by atoms with Gasteiger partial charge in [-0.05, 0) is 42.2 Å². The number of carbonyl (C=O) groups excluding carboxylic acids is 1. The molecule has 3 aromatic rings. The summed E-state index contributed by atoms with van der Waals surface area (Å²) in [7, 11) is 1.81. The number of nitrogens with zero attached hydrogens (tertiary/aromatic N) is 3. The first kappa shape index (κ1) is 25.2. The summed E-state index contributed by atoms with van der Waals surface area (Å²) in [5.74, 6) is -1.43. The summed E-state index contributed by atoms with van der Waals surface area (Å²) in [5.41, 5.74) is 3.06. The van der Waals surface area contributed by atoms with Crippen molar-refractivity contribution in [1.82, 2.24) is 9.55 Å². The van der Waals surface area contributed by atoms with Gasteiger partial charge in [0.15, 0.2) is 5.78 Å². The van der Waals surface area contributed by atoms with Crippen LogP contribution in [0.25, 0.3) is 17.1 Å². The van der Waals surface area contributed by atoms with E-state index in [0.717, 1.165) is 5.56 Å². The van der Waals surface area contributed by atoms with Gasteiger partial charge in [0.25, 0.3) is 0 Å². The minimum Gasteiger partial charge on any atom is -0.481 e. The number of ether oxygens (including phenoxy) is 1. The summed E-state index contributed by atoms with van der Waals surface area (Å²) < 4.78 is 7.53. The van der Waals surface area contributed by atoms with Crippen molar-refractivity contribution in [2.24, 2.45) is 13.0 Å². The van der Waals surface area contributed by atoms with E-state index in [1.54, 1.807) is 13.0 Å². The number of Topliss-reactive ketones (excluding diaryl/α,β-unsaturated/α-hetero) is 1. The number of aromatic nitrogens is 2. The van der Waals surface area contributed by atoms with E-state index in [0.29, 0.717) is 52.5 Å². The molecule has 0 aliphatic heterocycles. The number of hydrogen-bond donors (Lipinski definition) is 1. The Bertz CT molecular complexity index is 1270. The third kappa shape index (κ3) is 6.31. The van der Waals surface area contributed by atoms with Gasteiger partial charge in [-0.1, -0.05) is 36.7 Å². The van der Waals surface area contributed by atoms with Crippen molar-refractivity contribution in [2.45, 2.75) is 32.8 Å². The van der Waals surface area contributed by atoms with Gasteiger partial charge < -0.3 is 14.4 Å². The van der Waals surface area contributed by atoms with Crippen LogP contribution in [0, 0.1) is 17.2 Å². The second kappa shape index (κ2) is 11.6. The fourth-order valence-corrected chi connectivity index (χ4v) is 4.04. The van der Waals surface area contributed by atoms with E-state index >= 15 is 0 Å². The van der Waals surface area contributed by atoms with E-state index in [1.165, 1.54) is 6.20 Å². The third-order valence-corrected chi connectivity index (χ3v) is 5.63. The van der Waals surface area contributed by atoms with Crippen LogP contribution in [0.3, 0.4) is 0 Å². The quantitative estimate of drug-likeness (QED) is 0.291. The molecular formula is C26H26ClN3O4. The second-order valence-corrected chi connectivity index (χ2v) is 8.67. The maximum absolute atomic E-state index is 13.2. The lowest BCUT2D eigenvalue weighted by molar-refractivity contribution is -0.137. The van der Waals surface area contributed by atoms with E-state index in [1.807, 2.05) is 48.0 Å². The van der Waals surface area contributed by atoms with Gasteiger partial charge in [0.2, 0.25) is 0 Å². The Balaban J connectivity index is 1.79. The van der Waals surface area contributed by atoms with Crippen molar-refractivity contribution in [2.75, 3.05) is 6.61 Å². The maximum atomic E-state index is 13.2. The Morgan fingerprint density at radius 1 is 1.32 bits per heavy atom. The predicted octanol–water partition coefficient (Wildman–Crippen LogP) is 5.40. The van der Waals surface area contributed by atoms with Crippen molar-refractivity contribution in [3.8, 4) is 6.07 Å². The third-order valence-electron chi connectivity index (χ3n) is 5.40. The molecule has 0 saturated carbocycles. The fourth-order valence-electron chi connectivity index (χ4n) is 3.83. The van der Waals surface area contributed by atoms with E-state index in [-0.39, 0.29) is 24.5 Å². The van der Waals surface area contributed by atoms with Gasteiger partial charge in [0.1, 0.15) is 11.7 Å². The first-order valence-electron chi connectivity index (χ1n) is 10.9. The minimum absolute atomic E-state index is 0.0891. The van der Waals surface area contributed by atoms with E-state index in [2.05, 4.69) is 11.1 Å². The summed E-state index contributed by atoms with van der Waals surface area (Å²) in [6, 6.07) is 11.2. The van der Waals surface area contributed by atoms with Crippen molar-refractivity contribution in [3.05, 3.63) is 70.0 Å². The van der Waals surface area contributed by atoms with Crippen LogP contribution >= 0.6 is 11.6 Å². The molecule has 8 heteroatoms. The van der Waals surface area contributed by atoms with Crippen LogP contribution in [0.2, 0.25) is 5.02 Å². The maximum Gasteiger partial charge on any atom is 0.303 e. The SMILES string of the molecule is C[C@H](CC(=O)O)CC(=O)c1c(/C=C/CCOCc2cccc(Cl)c2)n(C)c2ncc(C#N)cc12. The molecule has 0 fully saturated rings. The van der Waals surface area contributed by atoms with Crippen molar-refractivity contribution >= 4 is 40.5 Å². The van der Waals surface area contributed by atoms with Crippen LogP contribution in [0.15, 0.2) is 42.6 Å². The topological polar surface area (TPSA) is 105 Å². The monoisotopic (exact) mass is 479 g/mol. The summed E-state index contributed by atoms with van der Waals surface area (Å²) in [4.78, 5) is 28.6. The zero-order chi connectivity index (χ0) is 24.7. The molecule has 0 bridgehead atoms. The highest BCUT2D eigenvalue weighted by atomic mass is 35.5. The number of halogens is 1. The molecule has 0 spiro atoms. The van der Waals surface area contributed by atoms with Crippen LogP contribution in [0.4, 0.5) is 0 Å². The molecular weight excluding hydrogens is 454 g/mol. The number of carbonyl (C=O) groups is 2. The van der Waals surface area contributed by atoms with Gasteiger partial charge >= 0.3 is 5.97 Å². The largest absolute Gasteiger partial charge is 0.481 e. The van der Waals surface area contributed by atoms with Gasteiger partial charge in [-0.25, -0.2) is 4.98 Å². The number of pyridine rings is 1. The number of rotatable bonds is 11. The lowest BCUT2D eigenvalue weighted by Crippen LogP contribution is -2.11. The molecule has 0 unspecified atom stereocenters. The standard InChI is InChI=1S/C26H26ClN3O4/c1-17(11-24(32)33)10-23(31)25-21-13-19(14-28)15-29-26(21)30(2)22(25)8-3-4-9-34-16-18-6-5-7-20(27)12-18/h3,5-8,12-13,15,17H,4,9-11,16H2,1-2H3,(H,32,33)/b8-3+/t17-/m0/s1. The fraction of sp³-hybridized carbons (Fsp3) is 0.308. The molecule has 3 rings (SSSR count). The number of fused-ring (bicyclic) bond motifs is 1. The average molecular weight is 480 g/mol. The minimum atomic E-state index is -0.940. The molecule has 0 amide bonds. The van der Waals surface area contributed by atoms with Crippen LogP contribution < -0.4 is 0 Å². The van der Waals surface area contributed by atoms with E-state index in [4.69, 9.17) is 21.4 Å². The lowest BCUT2D eigenvalue weighted by atomic mass is 9.95. The van der Waals surface area contributed by atoms with Gasteiger partial charge in [-0.3, -0.25) is 9.59 Å². The first-order chi connectivity index (χ1) is 16.3. The molecule has 7 nitrogen and oxygen atoms in total. The highest BCUT2D eigenvalue weighted by Crippen LogP contribution is 2.29. The number of nitriles is 1. The van der Waals surface area contributed by atoms with Crippen LogP contribution in [0.5, 0.6) is 0 Å². The average Bonchev–Trinajstić information content (AvgIpc) is 3.06. The van der Waals surface area contributed by atoms with Crippen molar-refractivity contribution in [3.63, 3.8) is 0 Å². The predicted molar refractivity (Wildman–Crippen MR) is 131 cm³/mol. The smallest absolute Gasteiger partial charge is 0.303 e. The lowest BCUT2D eigenvalue weighted by Gasteiger charge is -2.08. The number of aliphatic carboxylic acids is 1. The van der Waals surface area contributed by atoms with Gasteiger partial charge in [-0.2, -0.15) is 5.26 Å². The second-order valence-electron chi connectivity index (χ2n) is 8.23. The van der Waals surface area contributed by atoms with Crippen molar-refractivity contribution < 1.29 is 19.4 Å². The van der Waals surface area contributed by atoms with Gasteiger partial charge in [-0.15, -0.1) is 0 Å². The number of aryl methyl sites for hydroxylation is 1. The molecule has 2 aromatic heterocycles. The summed E-state index contributed by atoms with van der Waals surface area (Å²) in [6.45, 7) is 2.68. The van der Waals surface area contributed by atoms with Gasteiger partial charge in [0.05, 0.1) is 30.0 Å². The number of hydrogen-bond acceptors (Lipinski definition) is 5. The Hall–Kier alpha value is -3.47. The van der Waals surface area contributed by atoms with Crippen LogP contribution in [-0.4, -0.2) is 33.0 Å². The number of carboxylic acids is 1. The molecule has 2 heterocycles. The highest BCUT2D eigenvalue weighted by molar-refractivity contribution is 6.30. The van der Waals surface area contributed by atoms with Crippen molar-refractivity contribution in [1.29, 1.82) is 5.26 Å². The molecule has 1 aromatic carbocycles. The van der Waals surface area contributed by atoms with Gasteiger partial charge in [0, 0.05) is 36.5 Å². The van der Waals surface area contributed by atoms with E-state index < -0.39 is 5.97 Å². The van der Waals surface area contributed by atoms with E-state index in [9.17, 15) is 14.9 Å². The Kier molecular flexibility index (Phi) is 8.58. The Labute approximate surface area is 203 Å².